The van der Waals surface area contributed by atoms with E-state index < -0.39 is 0 Å². The molecule has 0 saturated heterocycles. The van der Waals surface area contributed by atoms with Crippen molar-refractivity contribution < 1.29 is 9.32 Å². The van der Waals surface area contributed by atoms with Crippen LogP contribution < -0.4 is 5.32 Å². The molecule has 2 rings (SSSR count). The van der Waals surface area contributed by atoms with Crippen molar-refractivity contribution in [1.29, 1.82) is 0 Å². The largest absolute Gasteiger partial charge is 0.354 e. The number of nitrogens with one attached hydrogen (secondary N) is 1. The number of aromatic nitrogens is 1. The first-order valence-corrected chi connectivity index (χ1v) is 4.55. The van der Waals surface area contributed by atoms with Gasteiger partial charge < -0.3 is 9.84 Å². The molecular weight excluding hydrogens is 192 g/mol. The minimum absolute atomic E-state index is 0.164. The van der Waals surface area contributed by atoms with Gasteiger partial charge in [-0.25, -0.2) is 0 Å². The smallest absolute Gasteiger partial charge is 0.222 e. The molecule has 0 atom stereocenters. The summed E-state index contributed by atoms with van der Waals surface area (Å²) in [5.74, 6) is 0.906. The standard InChI is InChI=1S/C11H10N2O2/c1-8(14)12-11-7-10(15-13-11)9-5-3-2-4-6-9/h2-7H,1H3,(H,12,13,14). The zero-order valence-corrected chi connectivity index (χ0v) is 8.23. The normalized spacial score (nSPS) is 9.93. The van der Waals surface area contributed by atoms with Crippen LogP contribution in [0.4, 0.5) is 5.82 Å². The summed E-state index contributed by atoms with van der Waals surface area (Å²) in [6, 6.07) is 11.3. The van der Waals surface area contributed by atoms with Gasteiger partial charge >= 0.3 is 0 Å². The number of hydrogen-bond acceptors (Lipinski definition) is 3. The minimum Gasteiger partial charge on any atom is -0.354 e. The molecule has 0 aliphatic rings. The van der Waals surface area contributed by atoms with Crippen molar-refractivity contribution in [2.45, 2.75) is 6.92 Å². The lowest BCUT2D eigenvalue weighted by molar-refractivity contribution is -0.114. The lowest BCUT2D eigenvalue weighted by Gasteiger charge is -1.92. The SMILES string of the molecule is CC(=O)Nc1cc(-c2ccccc2)on1. The summed E-state index contributed by atoms with van der Waals surface area (Å²) in [6.07, 6.45) is 0. The molecule has 2 aromatic rings. The Labute approximate surface area is 86.9 Å². The molecule has 4 nitrogen and oxygen atoms in total. The first kappa shape index (κ1) is 9.45. The lowest BCUT2D eigenvalue weighted by Crippen LogP contribution is -2.05. The number of rotatable bonds is 2. The fourth-order valence-electron chi connectivity index (χ4n) is 1.25. The Morgan fingerprint density at radius 2 is 2.07 bits per heavy atom. The molecule has 0 aliphatic carbocycles. The van der Waals surface area contributed by atoms with Crippen molar-refractivity contribution in [3.05, 3.63) is 36.4 Å². The molecule has 1 aromatic heterocycles. The molecule has 15 heavy (non-hydrogen) atoms. The van der Waals surface area contributed by atoms with Gasteiger partial charge in [0.2, 0.25) is 5.91 Å². The van der Waals surface area contributed by atoms with Gasteiger partial charge in [-0.1, -0.05) is 35.5 Å². The van der Waals surface area contributed by atoms with Crippen LogP contribution in [0, 0.1) is 0 Å². The van der Waals surface area contributed by atoms with E-state index in [0.29, 0.717) is 11.6 Å². The van der Waals surface area contributed by atoms with Crippen molar-refractivity contribution in [3.63, 3.8) is 0 Å². The van der Waals surface area contributed by atoms with Crippen LogP contribution >= 0.6 is 0 Å². The zero-order valence-electron chi connectivity index (χ0n) is 8.23. The molecule has 0 bridgehead atoms. The van der Waals surface area contributed by atoms with Gasteiger partial charge in [-0.3, -0.25) is 4.79 Å². The lowest BCUT2D eigenvalue weighted by atomic mass is 10.2. The first-order valence-electron chi connectivity index (χ1n) is 4.55. The van der Waals surface area contributed by atoms with Gasteiger partial charge in [0, 0.05) is 18.6 Å². The number of nitrogens with zero attached hydrogens (tertiary/aromatic N) is 1. The number of hydrogen-bond donors (Lipinski definition) is 1. The Bertz CT molecular complexity index is 462. The fourth-order valence-corrected chi connectivity index (χ4v) is 1.25. The van der Waals surface area contributed by atoms with Gasteiger partial charge in [0.25, 0.3) is 0 Å². The molecule has 76 valence electrons. The monoisotopic (exact) mass is 202 g/mol. The van der Waals surface area contributed by atoms with Crippen molar-refractivity contribution in [1.82, 2.24) is 5.16 Å². The third-order valence-electron chi connectivity index (χ3n) is 1.87. The molecule has 1 N–H and O–H groups in total. The third-order valence-corrected chi connectivity index (χ3v) is 1.87. The van der Waals surface area contributed by atoms with E-state index in [2.05, 4.69) is 10.5 Å². The minimum atomic E-state index is -0.164. The van der Waals surface area contributed by atoms with E-state index in [4.69, 9.17) is 4.52 Å². The number of anilines is 1. The maximum atomic E-state index is 10.8. The highest BCUT2D eigenvalue weighted by molar-refractivity contribution is 5.88. The van der Waals surface area contributed by atoms with Crippen LogP contribution in [0.5, 0.6) is 0 Å². The topological polar surface area (TPSA) is 55.1 Å². The summed E-state index contributed by atoms with van der Waals surface area (Å²) in [5.41, 5.74) is 0.932. The molecule has 0 saturated carbocycles. The van der Waals surface area contributed by atoms with Crippen molar-refractivity contribution in [2.75, 3.05) is 5.32 Å². The van der Waals surface area contributed by atoms with Crippen LogP contribution in [-0.2, 0) is 4.79 Å². The van der Waals surface area contributed by atoms with Gasteiger partial charge in [0.15, 0.2) is 11.6 Å². The van der Waals surface area contributed by atoms with Crippen LogP contribution in [0.1, 0.15) is 6.92 Å². The Hall–Kier alpha value is -2.10. The number of benzene rings is 1. The van der Waals surface area contributed by atoms with Crippen LogP contribution in [0.2, 0.25) is 0 Å². The molecule has 1 amide bonds. The highest BCUT2D eigenvalue weighted by Crippen LogP contribution is 2.21. The summed E-state index contributed by atoms with van der Waals surface area (Å²) >= 11 is 0. The molecule has 0 aliphatic heterocycles. The number of carbonyl (C=O) groups excluding carboxylic acids is 1. The Morgan fingerprint density at radius 1 is 1.33 bits per heavy atom. The maximum absolute atomic E-state index is 10.8. The second-order valence-electron chi connectivity index (χ2n) is 3.12. The van der Waals surface area contributed by atoms with Crippen LogP contribution in [-0.4, -0.2) is 11.1 Å². The molecule has 4 heteroatoms. The van der Waals surface area contributed by atoms with E-state index in [1.54, 1.807) is 6.07 Å². The Balaban J connectivity index is 2.24. The molecule has 1 heterocycles. The second kappa shape index (κ2) is 3.96. The predicted octanol–water partition coefficient (Wildman–Crippen LogP) is 2.30. The average molecular weight is 202 g/mol. The molecular formula is C11H10N2O2. The Kier molecular flexibility index (Phi) is 2.49. The van der Waals surface area contributed by atoms with Crippen molar-refractivity contribution >= 4 is 11.7 Å². The summed E-state index contributed by atoms with van der Waals surface area (Å²) in [6.45, 7) is 1.43. The molecule has 0 fully saturated rings. The van der Waals surface area contributed by atoms with Crippen LogP contribution in [0.3, 0.4) is 0 Å². The van der Waals surface area contributed by atoms with Crippen molar-refractivity contribution in [3.8, 4) is 11.3 Å². The number of carbonyl (C=O) groups is 1. The van der Waals surface area contributed by atoms with E-state index in [-0.39, 0.29) is 5.91 Å². The van der Waals surface area contributed by atoms with Gasteiger partial charge in [-0.15, -0.1) is 0 Å². The highest BCUT2D eigenvalue weighted by Gasteiger charge is 2.06. The average Bonchev–Trinajstić information content (AvgIpc) is 2.67. The Morgan fingerprint density at radius 3 is 2.73 bits per heavy atom. The fraction of sp³-hybridized carbons (Fsp3) is 0.0909. The summed E-state index contributed by atoms with van der Waals surface area (Å²) < 4.78 is 5.09. The summed E-state index contributed by atoms with van der Waals surface area (Å²) in [5, 5.41) is 6.28. The van der Waals surface area contributed by atoms with Crippen LogP contribution in [0.25, 0.3) is 11.3 Å². The van der Waals surface area contributed by atoms with E-state index >= 15 is 0 Å². The molecule has 0 spiro atoms. The summed E-state index contributed by atoms with van der Waals surface area (Å²) in [4.78, 5) is 10.8. The van der Waals surface area contributed by atoms with Gasteiger partial charge in [-0.05, 0) is 0 Å². The predicted molar refractivity (Wildman–Crippen MR) is 56.2 cm³/mol. The third kappa shape index (κ3) is 2.22. The second-order valence-corrected chi connectivity index (χ2v) is 3.12. The molecule has 0 radical (unpaired) electrons. The summed E-state index contributed by atoms with van der Waals surface area (Å²) in [7, 11) is 0. The van der Waals surface area contributed by atoms with E-state index in [1.807, 2.05) is 30.3 Å². The van der Waals surface area contributed by atoms with Gasteiger partial charge in [0.05, 0.1) is 0 Å². The quantitative estimate of drug-likeness (QED) is 0.812. The van der Waals surface area contributed by atoms with E-state index in [0.717, 1.165) is 5.56 Å². The first-order chi connectivity index (χ1) is 7.25. The van der Waals surface area contributed by atoms with Gasteiger partial charge in [0.1, 0.15) is 0 Å². The van der Waals surface area contributed by atoms with E-state index in [1.165, 1.54) is 6.92 Å². The molecule has 1 aromatic carbocycles. The zero-order chi connectivity index (χ0) is 10.7. The number of amides is 1. The van der Waals surface area contributed by atoms with Gasteiger partial charge in [-0.2, -0.15) is 0 Å². The van der Waals surface area contributed by atoms with Crippen LogP contribution in [0.15, 0.2) is 40.9 Å². The van der Waals surface area contributed by atoms with Crippen molar-refractivity contribution in [2.24, 2.45) is 0 Å². The highest BCUT2D eigenvalue weighted by atomic mass is 16.5. The maximum Gasteiger partial charge on any atom is 0.222 e. The van der Waals surface area contributed by atoms with E-state index in [9.17, 15) is 4.79 Å². The molecule has 0 unspecified atom stereocenters.